The predicted octanol–water partition coefficient (Wildman–Crippen LogP) is 3.06. The number of carbonyl (C=O) groups excluding carboxylic acids is 1. The SMILES string of the molecule is CCOC(=O)C1(c2cc(OC)c(OC)cc2Br)CC1. The molecule has 4 nitrogen and oxygen atoms in total. The summed E-state index contributed by atoms with van der Waals surface area (Å²) in [4.78, 5) is 12.1. The van der Waals surface area contributed by atoms with Gasteiger partial charge in [-0.3, -0.25) is 4.79 Å². The highest BCUT2D eigenvalue weighted by Gasteiger charge is 2.54. The van der Waals surface area contributed by atoms with Crippen LogP contribution < -0.4 is 9.47 Å². The molecule has 19 heavy (non-hydrogen) atoms. The zero-order valence-corrected chi connectivity index (χ0v) is 12.9. The van der Waals surface area contributed by atoms with Crippen LogP contribution in [-0.2, 0) is 14.9 Å². The molecule has 1 aliphatic rings. The minimum absolute atomic E-state index is 0.164. The van der Waals surface area contributed by atoms with Crippen LogP contribution in [0.25, 0.3) is 0 Å². The molecule has 0 bridgehead atoms. The van der Waals surface area contributed by atoms with Gasteiger partial charge in [-0.15, -0.1) is 0 Å². The summed E-state index contributed by atoms with van der Waals surface area (Å²) < 4.78 is 16.6. The van der Waals surface area contributed by atoms with Crippen LogP contribution in [0.5, 0.6) is 11.5 Å². The monoisotopic (exact) mass is 328 g/mol. The maximum absolute atomic E-state index is 12.1. The lowest BCUT2D eigenvalue weighted by atomic mass is 9.95. The van der Waals surface area contributed by atoms with Crippen molar-refractivity contribution < 1.29 is 19.0 Å². The number of hydrogen-bond acceptors (Lipinski definition) is 4. The lowest BCUT2D eigenvalue weighted by Crippen LogP contribution is -2.23. The molecule has 1 saturated carbocycles. The van der Waals surface area contributed by atoms with Gasteiger partial charge in [0.25, 0.3) is 0 Å². The first-order valence-electron chi connectivity index (χ1n) is 6.18. The summed E-state index contributed by atoms with van der Waals surface area (Å²) >= 11 is 3.50. The molecule has 2 rings (SSSR count). The zero-order chi connectivity index (χ0) is 14.0. The van der Waals surface area contributed by atoms with E-state index >= 15 is 0 Å². The van der Waals surface area contributed by atoms with Crippen molar-refractivity contribution in [1.82, 2.24) is 0 Å². The predicted molar refractivity (Wildman–Crippen MR) is 74.8 cm³/mol. The number of methoxy groups -OCH3 is 2. The summed E-state index contributed by atoms with van der Waals surface area (Å²) in [6.45, 7) is 2.21. The average Bonchev–Trinajstić information content (AvgIpc) is 3.20. The smallest absolute Gasteiger partial charge is 0.316 e. The molecule has 0 unspecified atom stereocenters. The van der Waals surface area contributed by atoms with Crippen molar-refractivity contribution in [3.05, 3.63) is 22.2 Å². The molecular weight excluding hydrogens is 312 g/mol. The van der Waals surface area contributed by atoms with Crippen LogP contribution in [0.15, 0.2) is 16.6 Å². The Hall–Kier alpha value is -1.23. The van der Waals surface area contributed by atoms with Crippen molar-refractivity contribution in [3.8, 4) is 11.5 Å². The third kappa shape index (κ3) is 2.43. The lowest BCUT2D eigenvalue weighted by molar-refractivity contribution is -0.146. The molecule has 0 N–H and O–H groups in total. The van der Waals surface area contributed by atoms with Crippen molar-refractivity contribution in [2.75, 3.05) is 20.8 Å². The van der Waals surface area contributed by atoms with Gasteiger partial charge in [0, 0.05) is 4.47 Å². The Morgan fingerprint density at radius 2 is 1.84 bits per heavy atom. The molecule has 1 aromatic carbocycles. The van der Waals surface area contributed by atoms with E-state index in [1.165, 1.54) is 0 Å². The van der Waals surface area contributed by atoms with Gasteiger partial charge in [-0.25, -0.2) is 0 Å². The Labute approximate surface area is 121 Å². The van der Waals surface area contributed by atoms with Crippen LogP contribution in [0.3, 0.4) is 0 Å². The summed E-state index contributed by atoms with van der Waals surface area (Å²) in [7, 11) is 3.17. The Morgan fingerprint density at radius 3 is 2.32 bits per heavy atom. The van der Waals surface area contributed by atoms with E-state index in [1.54, 1.807) is 14.2 Å². The van der Waals surface area contributed by atoms with E-state index < -0.39 is 5.41 Å². The highest BCUT2D eigenvalue weighted by atomic mass is 79.9. The second-order valence-corrected chi connectivity index (χ2v) is 5.34. The highest BCUT2D eigenvalue weighted by Crippen LogP contribution is 2.53. The van der Waals surface area contributed by atoms with E-state index in [0.717, 1.165) is 22.9 Å². The molecule has 0 aromatic heterocycles. The van der Waals surface area contributed by atoms with Gasteiger partial charge < -0.3 is 14.2 Å². The molecule has 1 aromatic rings. The zero-order valence-electron chi connectivity index (χ0n) is 11.3. The number of ether oxygens (including phenoxy) is 3. The molecule has 0 radical (unpaired) electrons. The van der Waals surface area contributed by atoms with Crippen molar-refractivity contribution >= 4 is 21.9 Å². The van der Waals surface area contributed by atoms with Crippen LogP contribution in [0.4, 0.5) is 0 Å². The van der Waals surface area contributed by atoms with E-state index in [-0.39, 0.29) is 5.97 Å². The molecule has 104 valence electrons. The van der Waals surface area contributed by atoms with E-state index in [0.29, 0.717) is 18.1 Å². The largest absolute Gasteiger partial charge is 0.493 e. The number of halogens is 1. The second-order valence-electron chi connectivity index (χ2n) is 4.49. The second kappa shape index (κ2) is 5.41. The van der Waals surface area contributed by atoms with Crippen molar-refractivity contribution in [2.45, 2.75) is 25.2 Å². The molecule has 0 heterocycles. The third-order valence-corrected chi connectivity index (χ3v) is 4.06. The van der Waals surface area contributed by atoms with Crippen LogP contribution in [0, 0.1) is 0 Å². The van der Waals surface area contributed by atoms with Gasteiger partial charge >= 0.3 is 5.97 Å². The molecule has 0 spiro atoms. The minimum atomic E-state index is -0.519. The molecule has 1 fully saturated rings. The molecule has 0 atom stereocenters. The average molecular weight is 329 g/mol. The van der Waals surface area contributed by atoms with Crippen molar-refractivity contribution in [2.24, 2.45) is 0 Å². The first-order valence-corrected chi connectivity index (χ1v) is 6.97. The number of benzene rings is 1. The molecule has 0 aliphatic heterocycles. The fourth-order valence-corrected chi connectivity index (χ4v) is 2.90. The lowest BCUT2D eigenvalue weighted by Gasteiger charge is -2.18. The molecule has 1 aliphatic carbocycles. The number of esters is 1. The fraction of sp³-hybridized carbons (Fsp3) is 0.500. The van der Waals surface area contributed by atoms with Crippen LogP contribution in [-0.4, -0.2) is 26.8 Å². The standard InChI is InChI=1S/C14H17BrO4/c1-4-19-13(16)14(5-6-14)9-7-11(17-2)12(18-3)8-10(9)15/h7-8H,4-6H2,1-3H3. The van der Waals surface area contributed by atoms with Gasteiger partial charge in [-0.1, -0.05) is 15.9 Å². The molecular formula is C14H17BrO4. The van der Waals surface area contributed by atoms with E-state index in [2.05, 4.69) is 15.9 Å². The first kappa shape index (κ1) is 14.2. The first-order chi connectivity index (χ1) is 9.08. The topological polar surface area (TPSA) is 44.8 Å². The van der Waals surface area contributed by atoms with Gasteiger partial charge in [-0.05, 0) is 37.5 Å². The number of hydrogen-bond donors (Lipinski definition) is 0. The van der Waals surface area contributed by atoms with E-state index in [9.17, 15) is 4.79 Å². The Morgan fingerprint density at radius 1 is 1.26 bits per heavy atom. The summed E-state index contributed by atoms with van der Waals surface area (Å²) in [5.74, 6) is 1.09. The molecule has 0 amide bonds. The van der Waals surface area contributed by atoms with E-state index in [1.807, 2.05) is 19.1 Å². The third-order valence-electron chi connectivity index (χ3n) is 3.40. The van der Waals surface area contributed by atoms with Gasteiger partial charge in [-0.2, -0.15) is 0 Å². The van der Waals surface area contributed by atoms with Gasteiger partial charge in [0.15, 0.2) is 11.5 Å². The Kier molecular flexibility index (Phi) is 4.04. The molecule has 0 saturated heterocycles. The summed E-state index contributed by atoms with van der Waals surface area (Å²) in [5.41, 5.74) is 0.387. The van der Waals surface area contributed by atoms with Gasteiger partial charge in [0.05, 0.1) is 26.2 Å². The summed E-state index contributed by atoms with van der Waals surface area (Å²) in [5, 5.41) is 0. The van der Waals surface area contributed by atoms with Crippen molar-refractivity contribution in [1.29, 1.82) is 0 Å². The van der Waals surface area contributed by atoms with Crippen LogP contribution >= 0.6 is 15.9 Å². The summed E-state index contributed by atoms with van der Waals surface area (Å²) in [6.07, 6.45) is 1.61. The fourth-order valence-electron chi connectivity index (χ4n) is 2.20. The Bertz CT molecular complexity index is 494. The van der Waals surface area contributed by atoms with Gasteiger partial charge in [0.1, 0.15) is 0 Å². The normalized spacial score (nSPS) is 15.8. The van der Waals surface area contributed by atoms with Crippen LogP contribution in [0.2, 0.25) is 0 Å². The van der Waals surface area contributed by atoms with Crippen LogP contribution in [0.1, 0.15) is 25.3 Å². The number of carbonyl (C=O) groups is 1. The molecule has 5 heteroatoms. The van der Waals surface area contributed by atoms with Gasteiger partial charge in [0.2, 0.25) is 0 Å². The minimum Gasteiger partial charge on any atom is -0.493 e. The summed E-state index contributed by atoms with van der Waals surface area (Å²) in [6, 6.07) is 3.68. The highest BCUT2D eigenvalue weighted by molar-refractivity contribution is 9.10. The number of rotatable bonds is 5. The Balaban J connectivity index is 2.43. The maximum atomic E-state index is 12.1. The quantitative estimate of drug-likeness (QED) is 0.779. The maximum Gasteiger partial charge on any atom is 0.316 e. The van der Waals surface area contributed by atoms with E-state index in [4.69, 9.17) is 14.2 Å². The van der Waals surface area contributed by atoms with Crippen molar-refractivity contribution in [3.63, 3.8) is 0 Å².